The largest absolute Gasteiger partial charge is 1.00 e. The third-order valence-corrected chi connectivity index (χ3v) is 7.12. The van der Waals surface area contributed by atoms with Crippen molar-refractivity contribution in [2.75, 3.05) is 0 Å². The molecule has 0 aliphatic heterocycles. The quantitative estimate of drug-likeness (QED) is 0.0736. The van der Waals surface area contributed by atoms with Crippen molar-refractivity contribution in [2.24, 2.45) is 10.8 Å². The fourth-order valence-electron chi connectivity index (χ4n) is 4.11. The van der Waals surface area contributed by atoms with E-state index in [-0.39, 0.29) is 128 Å². The first-order valence-corrected chi connectivity index (χ1v) is 21.8. The number of hydrogen-bond acceptors (Lipinski definition) is 8. The first-order chi connectivity index (χ1) is 35.0. The van der Waals surface area contributed by atoms with Crippen LogP contribution in [0.1, 0.15) is 41.5 Å². The molecule has 9 nitrogen and oxygen atoms in total. The molecule has 2 N–H and O–H groups in total. The Morgan fingerprint density at radius 1 is 0.272 bits per heavy atom. The normalized spacial score (nSPS) is 9.48. The van der Waals surface area contributed by atoms with E-state index in [4.69, 9.17) is 12.8 Å². The molecular formula is C52H52Ag5B3F12N8O. The summed E-state index contributed by atoms with van der Waals surface area (Å²) in [5.41, 5.74) is 7.24. The van der Waals surface area contributed by atoms with Crippen LogP contribution in [0.15, 0.2) is 195 Å². The summed E-state index contributed by atoms with van der Waals surface area (Å²) < 4.78 is 117. The zero-order valence-corrected chi connectivity index (χ0v) is 50.7. The summed E-state index contributed by atoms with van der Waals surface area (Å²) >= 11 is 0. The van der Waals surface area contributed by atoms with E-state index in [1.807, 2.05) is 187 Å². The molecule has 0 saturated heterocycles. The van der Waals surface area contributed by atoms with Crippen molar-refractivity contribution in [3.63, 3.8) is 0 Å². The molecule has 0 radical (unpaired) electrons. The average Bonchev–Trinajstić information content (AvgIpc) is 3.38. The number of halogens is 12. The number of nitrogens with zero attached hydrogens (tertiary/aromatic N) is 8. The van der Waals surface area contributed by atoms with Crippen molar-refractivity contribution in [3.8, 4) is 57.4 Å². The third-order valence-electron chi connectivity index (χ3n) is 7.12. The van der Waals surface area contributed by atoms with Gasteiger partial charge in [0.15, 0.2) is 0 Å². The number of pyridine rings is 8. The van der Waals surface area contributed by atoms with Gasteiger partial charge in [0.05, 0.1) is 45.6 Å². The Labute approximate surface area is 543 Å². The summed E-state index contributed by atoms with van der Waals surface area (Å²) in [6.45, 7) is 11.7. The molecule has 0 aliphatic carbocycles. The third kappa shape index (κ3) is 61.2. The van der Waals surface area contributed by atoms with Crippen molar-refractivity contribution in [3.05, 3.63) is 208 Å². The van der Waals surface area contributed by atoms with Crippen LogP contribution in [0.2, 0.25) is 0 Å². The summed E-state index contributed by atoms with van der Waals surface area (Å²) in [6.07, 6.45) is 27.4. The number of aromatic nitrogens is 8. The monoisotopic (exact) mass is 1600 g/mol. The molecule has 0 aliphatic rings. The van der Waals surface area contributed by atoms with Crippen LogP contribution in [0.25, 0.3) is 45.6 Å². The maximum absolute atomic E-state index is 9.75. The molecule has 0 spiro atoms. The van der Waals surface area contributed by atoms with Gasteiger partial charge in [-0.25, -0.2) is 0 Å². The van der Waals surface area contributed by atoms with Gasteiger partial charge in [0.2, 0.25) is 0 Å². The molecule has 0 bridgehead atoms. The van der Waals surface area contributed by atoms with E-state index in [1.54, 1.807) is 49.6 Å². The van der Waals surface area contributed by atoms with Gasteiger partial charge in [0.25, 0.3) is 0 Å². The van der Waals surface area contributed by atoms with Crippen molar-refractivity contribution in [2.45, 2.75) is 41.5 Å². The van der Waals surface area contributed by atoms with Crippen LogP contribution in [0.4, 0.5) is 51.8 Å². The SMILES string of the molecule is F[B-](F)(F)F.F[B-](F)(F)F.F[B-](F)(F)F.O.[Ag+].[Ag+].[Ag+].[Ag+].[Ag+].[C-]#CC(C)(C)C.[C-]#CC(C)(C)C.c1ccc(-c2ccccn2)nc1.c1ccc(-c2ccccn2)nc1.c1ccc(-c2ccccn2)nc1.c1ccc(-c2ccccn2)nc1. The predicted octanol–water partition coefficient (Wildman–Crippen LogP) is 14.9. The Kier molecular flexibility index (Phi) is 55.5. The van der Waals surface area contributed by atoms with E-state index < -0.39 is 21.8 Å². The van der Waals surface area contributed by atoms with Crippen molar-refractivity contribution >= 4 is 21.8 Å². The van der Waals surface area contributed by atoms with Crippen LogP contribution in [-0.4, -0.2) is 67.1 Å². The summed E-state index contributed by atoms with van der Waals surface area (Å²) in [5.74, 6) is 4.71. The van der Waals surface area contributed by atoms with E-state index in [9.17, 15) is 51.8 Å². The van der Waals surface area contributed by atoms with Gasteiger partial charge in [0, 0.05) is 49.6 Å². The summed E-state index contributed by atoms with van der Waals surface area (Å²) in [6, 6.07) is 46.4. The Bertz CT molecular complexity index is 2230. The van der Waals surface area contributed by atoms with Crippen molar-refractivity contribution in [1.82, 2.24) is 39.9 Å². The van der Waals surface area contributed by atoms with Gasteiger partial charge in [-0.15, -0.1) is 0 Å². The molecule has 81 heavy (non-hydrogen) atoms. The fourth-order valence-corrected chi connectivity index (χ4v) is 4.11. The van der Waals surface area contributed by atoms with Crippen LogP contribution in [0.3, 0.4) is 0 Å². The maximum atomic E-state index is 9.75. The molecule has 8 aromatic rings. The predicted molar refractivity (Wildman–Crippen MR) is 277 cm³/mol. The van der Waals surface area contributed by atoms with E-state index in [1.165, 1.54) is 0 Å². The summed E-state index contributed by atoms with van der Waals surface area (Å²) in [4.78, 5) is 33.5. The Morgan fingerprint density at radius 3 is 0.407 bits per heavy atom. The van der Waals surface area contributed by atoms with E-state index in [0.717, 1.165) is 45.6 Å². The van der Waals surface area contributed by atoms with Gasteiger partial charge in [-0.3, -0.25) is 39.9 Å². The van der Waals surface area contributed by atoms with Gasteiger partial charge in [0.1, 0.15) is 0 Å². The molecule has 0 aromatic carbocycles. The maximum Gasteiger partial charge on any atom is 1.00 e. The van der Waals surface area contributed by atoms with Crippen molar-refractivity contribution < 1.29 is 169 Å². The zero-order chi connectivity index (χ0) is 56.8. The van der Waals surface area contributed by atoms with Crippen LogP contribution < -0.4 is 0 Å². The minimum atomic E-state index is -6.00. The average molecular weight is 1600 g/mol. The molecule has 0 fully saturated rings. The molecule has 8 heterocycles. The first-order valence-electron chi connectivity index (χ1n) is 21.8. The first kappa shape index (κ1) is 90.1. The second kappa shape index (κ2) is 49.9. The van der Waals surface area contributed by atoms with Gasteiger partial charge in [-0.05, 0) is 108 Å². The molecule has 0 unspecified atom stereocenters. The number of rotatable bonds is 4. The van der Waals surface area contributed by atoms with Crippen LogP contribution in [0, 0.1) is 35.5 Å². The van der Waals surface area contributed by atoms with Gasteiger partial charge in [-0.2, -0.15) is 0 Å². The molecule has 8 aromatic heterocycles. The number of hydrogen-bond donors (Lipinski definition) is 0. The van der Waals surface area contributed by atoms with Crippen LogP contribution in [-0.2, 0) is 112 Å². The second-order valence-electron chi connectivity index (χ2n) is 16.0. The standard InChI is InChI=1S/4C10H8N2.2C6H9.5Ag.3BF4.H2O/c4*1-3-7-11-9(5-1)10-6-2-4-8-12-10;2*1-5-6(2,3)4;;;;;;3*2-1(3,4)5;/h4*1-8H;2*2-4H3;;;;;;;;;1H2/q;;;;2*-1;5*+1;3*-1;. The molecule has 454 valence electrons. The zero-order valence-electron chi connectivity index (χ0n) is 43.3. The topological polar surface area (TPSA) is 135 Å². The van der Waals surface area contributed by atoms with Gasteiger partial charge < -0.3 is 82.0 Å². The smallest absolute Gasteiger partial charge is 0.693 e. The molecule has 8 rings (SSSR count). The fraction of sp³-hybridized carbons (Fsp3) is 0.154. The minimum Gasteiger partial charge on any atom is -0.693 e. The van der Waals surface area contributed by atoms with E-state index >= 15 is 0 Å². The van der Waals surface area contributed by atoms with Crippen LogP contribution in [0.5, 0.6) is 0 Å². The van der Waals surface area contributed by atoms with Crippen LogP contribution >= 0.6 is 0 Å². The van der Waals surface area contributed by atoms with Gasteiger partial charge >= 0.3 is 134 Å². The van der Waals surface area contributed by atoms with E-state index in [2.05, 4.69) is 51.7 Å². The Hall–Kier alpha value is -4.66. The molecule has 0 saturated carbocycles. The van der Waals surface area contributed by atoms with Crippen molar-refractivity contribution in [1.29, 1.82) is 0 Å². The Morgan fingerprint density at radius 2 is 0.358 bits per heavy atom. The molecule has 29 heteroatoms. The molecular weight excluding hydrogens is 1550 g/mol. The Balaban J connectivity index is -0.000000155. The summed E-state index contributed by atoms with van der Waals surface area (Å²) in [5, 5.41) is 0. The van der Waals surface area contributed by atoms with Gasteiger partial charge in [-0.1, -0.05) is 90.1 Å². The second-order valence-corrected chi connectivity index (χ2v) is 16.0. The summed E-state index contributed by atoms with van der Waals surface area (Å²) in [7, 11) is -18.0. The minimum absolute atomic E-state index is 0. The van der Waals surface area contributed by atoms with E-state index in [0.29, 0.717) is 0 Å². The molecule has 0 atom stereocenters. The molecule has 0 amide bonds.